The monoisotopic (exact) mass is 330 g/mol. The molecule has 128 valence electrons. The highest BCUT2D eigenvalue weighted by molar-refractivity contribution is 5.79. The van der Waals surface area contributed by atoms with Gasteiger partial charge in [0.05, 0.1) is 18.1 Å². The van der Waals surface area contributed by atoms with E-state index in [1.807, 2.05) is 13.8 Å². The lowest BCUT2D eigenvalue weighted by atomic mass is 9.87. The Bertz CT molecular complexity index is 573. The topological polar surface area (TPSA) is 53.4 Å². The van der Waals surface area contributed by atoms with Gasteiger partial charge >= 0.3 is 6.18 Å². The molecule has 0 aromatic carbocycles. The molecule has 1 amide bonds. The van der Waals surface area contributed by atoms with E-state index in [1.54, 1.807) is 4.90 Å². The third-order valence-electron chi connectivity index (χ3n) is 4.04. The Morgan fingerprint density at radius 1 is 1.48 bits per heavy atom. The molecule has 1 aromatic heterocycles. The number of hydrogen-bond acceptors (Lipinski definition) is 3. The number of carbonyl (C=O) groups is 1. The summed E-state index contributed by atoms with van der Waals surface area (Å²) >= 11 is 0. The van der Waals surface area contributed by atoms with Gasteiger partial charge in [0.15, 0.2) is 0 Å². The SMILES string of the molecule is CC1(C)CC(O)CCN(C(=O)Cc2cnccc2C(F)(F)F)C1. The number of halogens is 3. The molecule has 1 N–H and O–H groups in total. The van der Waals surface area contributed by atoms with Crippen LogP contribution in [0.4, 0.5) is 13.2 Å². The van der Waals surface area contributed by atoms with Gasteiger partial charge in [-0.15, -0.1) is 0 Å². The van der Waals surface area contributed by atoms with Crippen LogP contribution in [0, 0.1) is 5.41 Å². The number of rotatable bonds is 2. The number of aliphatic hydroxyl groups excluding tert-OH is 1. The smallest absolute Gasteiger partial charge is 0.393 e. The third-order valence-corrected chi connectivity index (χ3v) is 4.04. The fourth-order valence-corrected chi connectivity index (χ4v) is 3.04. The molecule has 0 aliphatic carbocycles. The molecule has 1 fully saturated rings. The van der Waals surface area contributed by atoms with E-state index in [0.29, 0.717) is 25.9 Å². The van der Waals surface area contributed by atoms with Crippen molar-refractivity contribution in [2.45, 2.75) is 45.4 Å². The molecule has 0 bridgehead atoms. The molecule has 1 aliphatic rings. The molecule has 1 atom stereocenters. The molecule has 0 saturated carbocycles. The lowest BCUT2D eigenvalue weighted by Crippen LogP contribution is -2.38. The van der Waals surface area contributed by atoms with Gasteiger partial charge < -0.3 is 10.0 Å². The molecule has 1 aromatic rings. The lowest BCUT2D eigenvalue weighted by molar-refractivity contribution is -0.138. The first-order valence-corrected chi connectivity index (χ1v) is 7.54. The van der Waals surface area contributed by atoms with E-state index in [-0.39, 0.29) is 23.3 Å². The van der Waals surface area contributed by atoms with Crippen molar-refractivity contribution in [3.8, 4) is 0 Å². The predicted molar refractivity (Wildman–Crippen MR) is 78.5 cm³/mol. The van der Waals surface area contributed by atoms with Gasteiger partial charge in [0.25, 0.3) is 0 Å². The summed E-state index contributed by atoms with van der Waals surface area (Å²) in [5.41, 5.74) is -1.21. The zero-order valence-electron chi connectivity index (χ0n) is 13.2. The van der Waals surface area contributed by atoms with E-state index in [2.05, 4.69) is 4.98 Å². The number of pyridine rings is 1. The van der Waals surface area contributed by atoms with Crippen molar-refractivity contribution in [1.29, 1.82) is 0 Å². The van der Waals surface area contributed by atoms with Crippen molar-refractivity contribution >= 4 is 5.91 Å². The second-order valence-corrected chi connectivity index (χ2v) is 6.83. The van der Waals surface area contributed by atoms with E-state index >= 15 is 0 Å². The largest absolute Gasteiger partial charge is 0.416 e. The van der Waals surface area contributed by atoms with Crippen LogP contribution in [0.15, 0.2) is 18.5 Å². The predicted octanol–water partition coefficient (Wildman–Crippen LogP) is 2.65. The van der Waals surface area contributed by atoms with E-state index in [1.165, 1.54) is 0 Å². The second-order valence-electron chi connectivity index (χ2n) is 6.83. The molecule has 1 saturated heterocycles. The lowest BCUT2D eigenvalue weighted by Gasteiger charge is -2.30. The van der Waals surface area contributed by atoms with Crippen LogP contribution in [-0.4, -0.2) is 40.1 Å². The summed E-state index contributed by atoms with van der Waals surface area (Å²) in [5.74, 6) is -0.370. The maximum Gasteiger partial charge on any atom is 0.416 e. The Hall–Kier alpha value is -1.63. The molecule has 1 aliphatic heterocycles. The first-order chi connectivity index (χ1) is 10.6. The number of likely N-dealkylation sites (tertiary alicyclic amines) is 1. The van der Waals surface area contributed by atoms with Crippen LogP contribution in [0.2, 0.25) is 0 Å². The van der Waals surface area contributed by atoms with E-state index in [9.17, 15) is 23.1 Å². The Kier molecular flexibility index (Phi) is 4.98. The van der Waals surface area contributed by atoms with Gasteiger partial charge in [-0.3, -0.25) is 9.78 Å². The fraction of sp³-hybridized carbons (Fsp3) is 0.625. The van der Waals surface area contributed by atoms with Crippen LogP contribution >= 0.6 is 0 Å². The molecule has 0 radical (unpaired) electrons. The summed E-state index contributed by atoms with van der Waals surface area (Å²) in [4.78, 5) is 17.7. The summed E-state index contributed by atoms with van der Waals surface area (Å²) in [5, 5.41) is 9.87. The molecule has 2 rings (SSSR count). The maximum absolute atomic E-state index is 13.0. The Morgan fingerprint density at radius 3 is 2.83 bits per heavy atom. The molecular formula is C16H21F3N2O2. The van der Waals surface area contributed by atoms with Crippen molar-refractivity contribution in [1.82, 2.24) is 9.88 Å². The van der Waals surface area contributed by atoms with E-state index in [0.717, 1.165) is 18.5 Å². The summed E-state index contributed by atoms with van der Waals surface area (Å²) in [6.45, 7) is 4.65. The Morgan fingerprint density at radius 2 is 2.17 bits per heavy atom. The van der Waals surface area contributed by atoms with Gasteiger partial charge in [-0.1, -0.05) is 13.8 Å². The van der Waals surface area contributed by atoms with Crippen molar-refractivity contribution in [2.24, 2.45) is 5.41 Å². The molecular weight excluding hydrogens is 309 g/mol. The molecule has 2 heterocycles. The van der Waals surface area contributed by atoms with Crippen LogP contribution in [0.25, 0.3) is 0 Å². The standard InChI is InChI=1S/C16H21F3N2O2/c1-15(2)8-12(22)4-6-21(10-15)14(23)7-11-9-20-5-3-13(11)16(17,18)19/h3,5,9,12,22H,4,6-8,10H2,1-2H3. The van der Waals surface area contributed by atoms with Crippen LogP contribution in [-0.2, 0) is 17.4 Å². The third kappa shape index (κ3) is 4.67. The highest BCUT2D eigenvalue weighted by Crippen LogP contribution is 2.32. The highest BCUT2D eigenvalue weighted by Gasteiger charge is 2.35. The average Bonchev–Trinajstić information content (AvgIpc) is 2.55. The minimum atomic E-state index is -4.51. The average molecular weight is 330 g/mol. The minimum Gasteiger partial charge on any atom is -0.393 e. The van der Waals surface area contributed by atoms with Gasteiger partial charge in [0.2, 0.25) is 5.91 Å². The summed E-state index contributed by atoms with van der Waals surface area (Å²) < 4.78 is 39.0. The maximum atomic E-state index is 13.0. The van der Waals surface area contributed by atoms with Crippen LogP contribution < -0.4 is 0 Å². The first kappa shape index (κ1) is 17.7. The molecule has 7 heteroatoms. The molecule has 1 unspecified atom stereocenters. The molecule has 0 spiro atoms. The van der Waals surface area contributed by atoms with Gasteiger partial charge in [-0.05, 0) is 29.9 Å². The van der Waals surface area contributed by atoms with Crippen molar-refractivity contribution in [3.63, 3.8) is 0 Å². The number of carbonyl (C=O) groups excluding carboxylic acids is 1. The summed E-state index contributed by atoms with van der Waals surface area (Å²) in [6.07, 6.45) is -2.17. The van der Waals surface area contributed by atoms with Crippen molar-refractivity contribution in [2.75, 3.05) is 13.1 Å². The second kappa shape index (κ2) is 6.47. The van der Waals surface area contributed by atoms with Gasteiger partial charge in [0.1, 0.15) is 0 Å². The quantitative estimate of drug-likeness (QED) is 0.907. The normalized spacial score (nSPS) is 21.8. The summed E-state index contributed by atoms with van der Waals surface area (Å²) in [6, 6.07) is 0.888. The van der Waals surface area contributed by atoms with E-state index in [4.69, 9.17) is 0 Å². The highest BCUT2D eigenvalue weighted by atomic mass is 19.4. The minimum absolute atomic E-state index is 0.118. The zero-order valence-corrected chi connectivity index (χ0v) is 13.2. The van der Waals surface area contributed by atoms with Crippen LogP contribution in [0.5, 0.6) is 0 Å². The summed E-state index contributed by atoms with van der Waals surface area (Å²) in [7, 11) is 0. The van der Waals surface area contributed by atoms with Gasteiger partial charge in [-0.2, -0.15) is 13.2 Å². The Balaban J connectivity index is 2.16. The van der Waals surface area contributed by atoms with Gasteiger partial charge in [-0.25, -0.2) is 0 Å². The number of amides is 1. The van der Waals surface area contributed by atoms with Gasteiger partial charge in [0, 0.05) is 25.5 Å². The number of aliphatic hydroxyl groups is 1. The van der Waals surface area contributed by atoms with Crippen LogP contribution in [0.1, 0.15) is 37.8 Å². The zero-order chi connectivity index (χ0) is 17.3. The van der Waals surface area contributed by atoms with Crippen molar-refractivity contribution < 1.29 is 23.1 Å². The van der Waals surface area contributed by atoms with E-state index < -0.39 is 17.8 Å². The van der Waals surface area contributed by atoms with Crippen molar-refractivity contribution in [3.05, 3.63) is 29.6 Å². The van der Waals surface area contributed by atoms with Crippen LogP contribution in [0.3, 0.4) is 0 Å². The molecule has 23 heavy (non-hydrogen) atoms. The Labute approximate surface area is 133 Å². The number of aromatic nitrogens is 1. The fourth-order valence-electron chi connectivity index (χ4n) is 3.04. The number of hydrogen-bond donors (Lipinski definition) is 1. The first-order valence-electron chi connectivity index (χ1n) is 7.54. The number of alkyl halides is 3. The number of nitrogens with zero attached hydrogens (tertiary/aromatic N) is 2. The molecule has 4 nitrogen and oxygen atoms in total.